The minimum atomic E-state index is -0.271. The minimum Gasteiger partial charge on any atom is -0.337 e. The molecule has 2 aromatic rings. The van der Waals surface area contributed by atoms with E-state index in [9.17, 15) is 9.59 Å². The van der Waals surface area contributed by atoms with Gasteiger partial charge in [0.25, 0.3) is 5.91 Å². The Balaban J connectivity index is 2.06. The van der Waals surface area contributed by atoms with Crippen LogP contribution in [0.3, 0.4) is 0 Å². The smallest absolute Gasteiger partial charge is 0.278 e. The van der Waals surface area contributed by atoms with Crippen LogP contribution < -0.4 is 5.43 Å². The number of carbonyl (C=O) groups excluding carboxylic acids is 1. The van der Waals surface area contributed by atoms with Gasteiger partial charge in [-0.15, -0.1) is 0 Å². The Morgan fingerprint density at radius 1 is 1.33 bits per heavy atom. The Labute approximate surface area is 123 Å². The second-order valence-corrected chi connectivity index (χ2v) is 5.82. The van der Waals surface area contributed by atoms with E-state index < -0.39 is 0 Å². The van der Waals surface area contributed by atoms with Gasteiger partial charge in [-0.3, -0.25) is 14.3 Å². The minimum absolute atomic E-state index is 0.0327. The fourth-order valence-electron chi connectivity index (χ4n) is 2.99. The lowest BCUT2D eigenvalue weighted by molar-refractivity contribution is 0.0673. The lowest BCUT2D eigenvalue weighted by atomic mass is 10.00. The second-order valence-electron chi connectivity index (χ2n) is 5.82. The van der Waals surface area contributed by atoms with Crippen molar-refractivity contribution in [2.24, 2.45) is 13.0 Å². The Morgan fingerprint density at radius 2 is 2.10 bits per heavy atom. The zero-order valence-electron chi connectivity index (χ0n) is 12.4. The maximum atomic E-state index is 12.6. The molecule has 0 N–H and O–H groups in total. The van der Waals surface area contributed by atoms with Crippen molar-refractivity contribution in [1.29, 1.82) is 0 Å². The molecule has 0 bridgehead atoms. The summed E-state index contributed by atoms with van der Waals surface area (Å²) >= 11 is 0. The summed E-state index contributed by atoms with van der Waals surface area (Å²) in [6.45, 7) is 3.54. The van der Waals surface area contributed by atoms with Gasteiger partial charge in [0.1, 0.15) is 0 Å². The van der Waals surface area contributed by atoms with Crippen molar-refractivity contribution < 1.29 is 4.79 Å². The lowest BCUT2D eigenvalue weighted by Crippen LogP contribution is -2.42. The molecule has 2 heterocycles. The third-order valence-corrected chi connectivity index (χ3v) is 4.11. The van der Waals surface area contributed by atoms with Crippen LogP contribution in [0.5, 0.6) is 0 Å². The standard InChI is InChI=1S/C16H19N3O2/c1-11-6-5-9-19(10-11)16(21)14-15(20)12-7-3-4-8-13(12)18(2)17-14/h3-4,7-8,11H,5-6,9-10H2,1-2H3. The van der Waals surface area contributed by atoms with E-state index in [4.69, 9.17) is 0 Å². The van der Waals surface area contributed by atoms with Crippen molar-refractivity contribution in [3.05, 3.63) is 40.2 Å². The largest absolute Gasteiger partial charge is 0.337 e. The molecule has 1 fully saturated rings. The number of para-hydroxylation sites is 1. The Morgan fingerprint density at radius 3 is 2.86 bits per heavy atom. The molecule has 1 unspecified atom stereocenters. The first-order valence-electron chi connectivity index (χ1n) is 7.33. The van der Waals surface area contributed by atoms with E-state index in [2.05, 4.69) is 12.0 Å². The van der Waals surface area contributed by atoms with E-state index in [-0.39, 0.29) is 17.0 Å². The van der Waals surface area contributed by atoms with E-state index >= 15 is 0 Å². The van der Waals surface area contributed by atoms with Crippen LogP contribution in [0.25, 0.3) is 10.9 Å². The van der Waals surface area contributed by atoms with Crippen molar-refractivity contribution in [2.45, 2.75) is 19.8 Å². The number of nitrogens with zero attached hydrogens (tertiary/aromatic N) is 3. The molecule has 1 aliphatic rings. The summed E-state index contributed by atoms with van der Waals surface area (Å²) in [6.07, 6.45) is 2.12. The SMILES string of the molecule is CC1CCCN(C(=O)c2nn(C)c3ccccc3c2=O)C1. The van der Waals surface area contributed by atoms with E-state index in [0.29, 0.717) is 24.4 Å². The number of aromatic nitrogens is 2. The first-order chi connectivity index (χ1) is 10.1. The van der Waals surface area contributed by atoms with Crippen molar-refractivity contribution in [3.63, 3.8) is 0 Å². The summed E-state index contributed by atoms with van der Waals surface area (Å²) in [6, 6.07) is 7.24. The zero-order valence-corrected chi connectivity index (χ0v) is 12.4. The fraction of sp³-hybridized carbons (Fsp3) is 0.438. The molecule has 1 saturated heterocycles. The molecular weight excluding hydrogens is 266 g/mol. The molecule has 110 valence electrons. The number of hydrogen-bond acceptors (Lipinski definition) is 3. The molecule has 1 aromatic heterocycles. The zero-order chi connectivity index (χ0) is 15.0. The molecule has 0 aliphatic carbocycles. The predicted molar refractivity (Wildman–Crippen MR) is 81.3 cm³/mol. The van der Waals surface area contributed by atoms with Gasteiger partial charge < -0.3 is 4.90 Å². The highest BCUT2D eigenvalue weighted by molar-refractivity contribution is 5.95. The molecule has 1 amide bonds. The number of amides is 1. The van der Waals surface area contributed by atoms with Gasteiger partial charge in [-0.05, 0) is 30.9 Å². The van der Waals surface area contributed by atoms with Gasteiger partial charge in [-0.1, -0.05) is 19.1 Å². The topological polar surface area (TPSA) is 55.2 Å². The number of benzene rings is 1. The summed E-state index contributed by atoms with van der Waals surface area (Å²) in [7, 11) is 1.76. The first-order valence-corrected chi connectivity index (χ1v) is 7.33. The average molecular weight is 285 g/mol. The summed E-state index contributed by atoms with van der Waals surface area (Å²) in [4.78, 5) is 26.9. The fourth-order valence-corrected chi connectivity index (χ4v) is 2.99. The van der Waals surface area contributed by atoms with Gasteiger partial charge in [0.05, 0.1) is 5.52 Å². The molecule has 3 rings (SSSR count). The van der Waals surface area contributed by atoms with Crippen LogP contribution in [0.4, 0.5) is 0 Å². The van der Waals surface area contributed by atoms with Gasteiger partial charge in [0, 0.05) is 25.5 Å². The van der Waals surface area contributed by atoms with Gasteiger partial charge >= 0.3 is 0 Å². The number of fused-ring (bicyclic) bond motifs is 1. The summed E-state index contributed by atoms with van der Waals surface area (Å²) in [5, 5.41) is 4.76. The van der Waals surface area contributed by atoms with Crippen LogP contribution >= 0.6 is 0 Å². The maximum Gasteiger partial charge on any atom is 0.278 e. The number of rotatable bonds is 1. The predicted octanol–water partition coefficient (Wildman–Crippen LogP) is 1.81. The third kappa shape index (κ3) is 2.44. The van der Waals surface area contributed by atoms with Crippen molar-refractivity contribution in [2.75, 3.05) is 13.1 Å². The Hall–Kier alpha value is -2.17. The summed E-state index contributed by atoms with van der Waals surface area (Å²) in [5.41, 5.74) is 0.503. The normalized spacial score (nSPS) is 19.0. The number of hydrogen-bond donors (Lipinski definition) is 0. The Bertz CT molecular complexity index is 751. The molecule has 21 heavy (non-hydrogen) atoms. The van der Waals surface area contributed by atoms with E-state index in [0.717, 1.165) is 18.4 Å². The monoisotopic (exact) mass is 285 g/mol. The second kappa shape index (κ2) is 5.31. The number of piperidine rings is 1. The molecule has 5 nitrogen and oxygen atoms in total. The molecular formula is C16H19N3O2. The third-order valence-electron chi connectivity index (χ3n) is 4.11. The lowest BCUT2D eigenvalue weighted by Gasteiger charge is -2.30. The summed E-state index contributed by atoms with van der Waals surface area (Å²) < 4.78 is 1.61. The molecule has 5 heteroatoms. The highest BCUT2D eigenvalue weighted by Crippen LogP contribution is 2.17. The van der Waals surface area contributed by atoms with E-state index in [1.54, 1.807) is 28.8 Å². The number of likely N-dealkylation sites (tertiary alicyclic amines) is 1. The van der Waals surface area contributed by atoms with Crippen LogP contribution in [0.15, 0.2) is 29.1 Å². The summed E-state index contributed by atoms with van der Waals surface area (Å²) in [5.74, 6) is 0.236. The molecule has 1 aliphatic heterocycles. The van der Waals surface area contributed by atoms with Gasteiger partial charge in [0.15, 0.2) is 5.69 Å². The van der Waals surface area contributed by atoms with Crippen LogP contribution in [-0.2, 0) is 7.05 Å². The molecule has 0 radical (unpaired) electrons. The maximum absolute atomic E-state index is 12.6. The van der Waals surface area contributed by atoms with Crippen molar-refractivity contribution in [3.8, 4) is 0 Å². The molecule has 1 atom stereocenters. The van der Waals surface area contributed by atoms with Crippen molar-refractivity contribution in [1.82, 2.24) is 14.7 Å². The van der Waals surface area contributed by atoms with Crippen LogP contribution in [0.1, 0.15) is 30.3 Å². The highest BCUT2D eigenvalue weighted by Gasteiger charge is 2.26. The van der Waals surface area contributed by atoms with Crippen molar-refractivity contribution >= 4 is 16.8 Å². The van der Waals surface area contributed by atoms with Crippen LogP contribution in [0, 0.1) is 5.92 Å². The number of carbonyl (C=O) groups is 1. The Kier molecular flexibility index (Phi) is 3.49. The molecule has 1 aromatic carbocycles. The first kappa shape index (κ1) is 13.8. The molecule has 0 saturated carbocycles. The van der Waals surface area contributed by atoms with Gasteiger partial charge in [-0.25, -0.2) is 0 Å². The molecule has 0 spiro atoms. The average Bonchev–Trinajstić information content (AvgIpc) is 2.50. The van der Waals surface area contributed by atoms with E-state index in [1.165, 1.54) is 0 Å². The van der Waals surface area contributed by atoms with Gasteiger partial charge in [0.2, 0.25) is 5.43 Å². The van der Waals surface area contributed by atoms with E-state index in [1.807, 2.05) is 12.1 Å². The quantitative estimate of drug-likeness (QED) is 0.803. The number of aryl methyl sites for hydroxylation is 1. The van der Waals surface area contributed by atoms with Crippen LogP contribution in [0.2, 0.25) is 0 Å². The van der Waals surface area contributed by atoms with Crippen LogP contribution in [-0.4, -0.2) is 33.7 Å². The van der Waals surface area contributed by atoms with Gasteiger partial charge in [-0.2, -0.15) is 5.10 Å². The highest BCUT2D eigenvalue weighted by atomic mass is 16.2.